The van der Waals surface area contributed by atoms with Crippen molar-refractivity contribution in [3.05, 3.63) is 155 Å². The number of carbonyl (C=O) groups is 4. The highest BCUT2D eigenvalue weighted by Gasteiger charge is 2.77. The molecular formula is C49H39Cl2FN2O8. The maximum Gasteiger partial charge on any atom is 0.258 e. The van der Waals surface area contributed by atoms with Crippen LogP contribution in [0.25, 0.3) is 12.2 Å². The summed E-state index contributed by atoms with van der Waals surface area (Å²) in [5.74, 6) is -5.68. The van der Waals surface area contributed by atoms with Crippen molar-refractivity contribution in [2.24, 2.45) is 17.8 Å². The normalized spacial score (nSPS) is 25.4. The lowest BCUT2D eigenvalue weighted by Gasteiger charge is -2.50. The van der Waals surface area contributed by atoms with E-state index >= 15 is 0 Å². The van der Waals surface area contributed by atoms with Gasteiger partial charge in [-0.05, 0) is 90.6 Å². The number of phenols is 1. The van der Waals surface area contributed by atoms with Gasteiger partial charge < -0.3 is 19.3 Å². The van der Waals surface area contributed by atoms with Crippen LogP contribution in [0, 0.1) is 23.6 Å². The predicted octanol–water partition coefficient (Wildman–Crippen LogP) is 9.07. The van der Waals surface area contributed by atoms with Gasteiger partial charge in [-0.3, -0.25) is 24.1 Å². The molecule has 0 radical (unpaired) electrons. The van der Waals surface area contributed by atoms with E-state index in [2.05, 4.69) is 0 Å². The Labute approximate surface area is 366 Å². The van der Waals surface area contributed by atoms with Gasteiger partial charge in [-0.2, -0.15) is 0 Å². The Morgan fingerprint density at radius 1 is 0.758 bits per heavy atom. The molecule has 10 nitrogen and oxygen atoms in total. The molecule has 2 heterocycles. The fourth-order valence-electron chi connectivity index (χ4n) is 9.49. The number of carbonyl (C=O) groups excluding carboxylic acids is 4. The first kappa shape index (κ1) is 40.9. The van der Waals surface area contributed by atoms with Crippen LogP contribution in [0.4, 0.5) is 15.8 Å². The number of alkyl halides is 2. The first-order chi connectivity index (χ1) is 29.9. The maximum atomic E-state index is 14.8. The van der Waals surface area contributed by atoms with Crippen molar-refractivity contribution in [3.8, 4) is 23.0 Å². The van der Waals surface area contributed by atoms with Crippen molar-refractivity contribution >= 4 is 70.4 Å². The molecule has 62 heavy (non-hydrogen) atoms. The standard InChI is InChI=1S/C49H39Cl2FN2O8/c1-60-34-19-23-41(61-2)30(24-34)11-8-28-9-14-32(15-10-28)53-44(56)38-22-21-36-39(42(38)45(53)57)26-48(50)46(58)54(33-16-12-31(52)13-17-33)47(59)49(48,51)43(36)37-20-18-35(25-40(37)55)62-27-29-6-4-3-5-7-29/h3-21,23-25,38-39,42-43,55H,22,26-27H2,1-2H3/t38-,39+,42-,43+,48+,49-/m0/s1. The van der Waals surface area contributed by atoms with E-state index in [0.717, 1.165) is 33.7 Å². The molecule has 6 atom stereocenters. The van der Waals surface area contributed by atoms with E-state index in [0.29, 0.717) is 28.5 Å². The molecule has 1 saturated carbocycles. The van der Waals surface area contributed by atoms with Crippen LogP contribution in [-0.4, -0.2) is 52.7 Å². The number of halogens is 3. The average Bonchev–Trinajstić information content (AvgIpc) is 3.63. The first-order valence-corrected chi connectivity index (χ1v) is 20.7. The van der Waals surface area contributed by atoms with Crippen molar-refractivity contribution in [1.29, 1.82) is 0 Å². The molecule has 4 amide bonds. The number of nitrogens with zero attached hydrogens (tertiary/aromatic N) is 2. The fourth-order valence-corrected chi connectivity index (χ4v) is 10.4. The Hall–Kier alpha value is -6.43. The third-order valence-electron chi connectivity index (χ3n) is 12.5. The van der Waals surface area contributed by atoms with Gasteiger partial charge in [0.1, 0.15) is 35.4 Å². The van der Waals surface area contributed by atoms with Crippen LogP contribution in [-0.2, 0) is 25.8 Å². The number of rotatable bonds is 10. The van der Waals surface area contributed by atoms with Gasteiger partial charge >= 0.3 is 0 Å². The Bertz CT molecular complexity index is 2690. The number of aromatic hydroxyl groups is 1. The van der Waals surface area contributed by atoms with Crippen molar-refractivity contribution < 1.29 is 42.9 Å². The quantitative estimate of drug-likeness (QED) is 0.0639. The monoisotopic (exact) mass is 872 g/mol. The predicted molar refractivity (Wildman–Crippen MR) is 233 cm³/mol. The van der Waals surface area contributed by atoms with Crippen LogP contribution in [0.1, 0.15) is 41.0 Å². The lowest BCUT2D eigenvalue weighted by molar-refractivity contribution is -0.125. The number of fused-ring (bicyclic) bond motifs is 4. The number of benzene rings is 5. The van der Waals surface area contributed by atoms with E-state index in [-0.39, 0.29) is 36.4 Å². The highest BCUT2D eigenvalue weighted by atomic mass is 35.5. The van der Waals surface area contributed by atoms with E-state index in [1.807, 2.05) is 54.6 Å². The summed E-state index contributed by atoms with van der Waals surface area (Å²) in [5.41, 5.74) is 3.59. The summed E-state index contributed by atoms with van der Waals surface area (Å²) in [6.07, 6.45) is 5.40. The van der Waals surface area contributed by atoms with E-state index < -0.39 is 62.9 Å². The van der Waals surface area contributed by atoms with E-state index in [9.17, 15) is 28.7 Å². The second-order valence-electron chi connectivity index (χ2n) is 15.8. The number of phenolic OH excluding ortho intramolecular Hbond substituents is 1. The summed E-state index contributed by atoms with van der Waals surface area (Å²) in [7, 11) is 3.17. The molecule has 9 rings (SSSR count). The SMILES string of the molecule is COc1ccc(OC)c(C=Cc2ccc(N3C(=O)[C@H]4[C@H](CC=C5[C@H]4C[C@@]4(Cl)C(=O)N(c6ccc(F)cc6)C(=O)[C@@]4(Cl)[C@H]5c4ccc(OCc5ccccc5)cc4O)C3=O)cc2)c1. The van der Waals surface area contributed by atoms with Gasteiger partial charge in [0.05, 0.1) is 37.4 Å². The maximum absolute atomic E-state index is 14.8. The van der Waals surface area contributed by atoms with Crippen LogP contribution in [0.15, 0.2) is 127 Å². The number of hydrogen-bond acceptors (Lipinski definition) is 8. The fraction of sp³-hybridized carbons (Fsp3) is 0.224. The van der Waals surface area contributed by atoms with Gasteiger partial charge in [-0.15, -0.1) is 23.2 Å². The molecule has 314 valence electrons. The number of allylic oxidation sites excluding steroid dienone is 2. The zero-order valence-corrected chi connectivity index (χ0v) is 35.0. The van der Waals surface area contributed by atoms with Gasteiger partial charge in [0.15, 0.2) is 9.75 Å². The molecule has 1 N–H and O–H groups in total. The van der Waals surface area contributed by atoms with Gasteiger partial charge in [0.25, 0.3) is 11.8 Å². The Balaban J connectivity index is 1.07. The van der Waals surface area contributed by atoms with Crippen molar-refractivity contribution in [2.75, 3.05) is 24.0 Å². The summed E-state index contributed by atoms with van der Waals surface area (Å²) in [5, 5.41) is 11.8. The van der Waals surface area contributed by atoms with Gasteiger partial charge in [0, 0.05) is 23.1 Å². The van der Waals surface area contributed by atoms with E-state index in [1.165, 1.54) is 23.1 Å². The second-order valence-corrected chi connectivity index (χ2v) is 17.0. The molecule has 0 bridgehead atoms. The van der Waals surface area contributed by atoms with Gasteiger partial charge in [-0.25, -0.2) is 9.29 Å². The number of amides is 4. The van der Waals surface area contributed by atoms with Crippen LogP contribution >= 0.6 is 23.2 Å². The third-order valence-corrected chi connectivity index (χ3v) is 13.9. The minimum absolute atomic E-state index is 0.0533. The first-order valence-electron chi connectivity index (χ1n) is 20.0. The highest BCUT2D eigenvalue weighted by molar-refractivity contribution is 6.58. The number of ether oxygens (including phenoxy) is 3. The minimum Gasteiger partial charge on any atom is -0.508 e. The molecule has 0 unspecified atom stereocenters. The lowest BCUT2D eigenvalue weighted by atomic mass is 9.56. The second kappa shape index (κ2) is 15.8. The topological polar surface area (TPSA) is 123 Å². The van der Waals surface area contributed by atoms with Crippen molar-refractivity contribution in [1.82, 2.24) is 0 Å². The molecule has 2 aliphatic heterocycles. The van der Waals surface area contributed by atoms with Gasteiger partial charge in [0.2, 0.25) is 11.8 Å². The third kappa shape index (κ3) is 6.53. The molecule has 4 aliphatic rings. The average molecular weight is 874 g/mol. The molecule has 2 aliphatic carbocycles. The number of anilines is 2. The van der Waals surface area contributed by atoms with Crippen molar-refractivity contribution in [3.63, 3.8) is 0 Å². The lowest BCUT2D eigenvalue weighted by Crippen LogP contribution is -2.60. The van der Waals surface area contributed by atoms with Gasteiger partial charge in [-0.1, -0.05) is 72.3 Å². The smallest absolute Gasteiger partial charge is 0.258 e. The molecule has 5 aromatic rings. The van der Waals surface area contributed by atoms with E-state index in [4.69, 9.17) is 37.4 Å². The summed E-state index contributed by atoms with van der Waals surface area (Å²) in [6.45, 7) is 0.216. The van der Waals surface area contributed by atoms with Crippen LogP contribution in [0.3, 0.4) is 0 Å². The molecule has 0 aromatic heterocycles. The van der Waals surface area contributed by atoms with Crippen LogP contribution in [0.5, 0.6) is 23.0 Å². The Kier molecular flexibility index (Phi) is 10.4. The van der Waals surface area contributed by atoms with Crippen LogP contribution in [0.2, 0.25) is 0 Å². The molecule has 2 saturated heterocycles. The van der Waals surface area contributed by atoms with Crippen LogP contribution < -0.4 is 24.0 Å². The molecule has 0 spiro atoms. The zero-order chi connectivity index (χ0) is 43.5. The summed E-state index contributed by atoms with van der Waals surface area (Å²) in [6, 6.07) is 31.3. The number of methoxy groups -OCH3 is 2. The number of hydrogen-bond donors (Lipinski definition) is 1. The highest BCUT2D eigenvalue weighted by Crippen LogP contribution is 2.66. The zero-order valence-electron chi connectivity index (χ0n) is 33.5. The molecule has 5 aromatic carbocycles. The Morgan fingerprint density at radius 3 is 2.15 bits per heavy atom. The summed E-state index contributed by atoms with van der Waals surface area (Å²) < 4.78 is 30.9. The van der Waals surface area contributed by atoms with E-state index in [1.54, 1.807) is 62.8 Å². The Morgan fingerprint density at radius 2 is 1.45 bits per heavy atom. The van der Waals surface area contributed by atoms with Crippen molar-refractivity contribution in [2.45, 2.75) is 35.1 Å². The number of imide groups is 2. The molecular weight excluding hydrogens is 834 g/mol. The largest absolute Gasteiger partial charge is 0.508 e. The summed E-state index contributed by atoms with van der Waals surface area (Å²) >= 11 is 15.0. The minimum atomic E-state index is -2.22. The molecule has 13 heteroatoms. The summed E-state index contributed by atoms with van der Waals surface area (Å²) in [4.78, 5) is 56.0. The molecule has 3 fully saturated rings.